The molecule has 0 saturated carbocycles. The molecular weight excluding hydrogens is 431 g/mol. The maximum atomic E-state index is 13.5. The van der Waals surface area contributed by atoms with Gasteiger partial charge in [-0.25, -0.2) is 5.09 Å². The normalized spacial score (nSPS) is 13.3. The van der Waals surface area contributed by atoms with Gasteiger partial charge in [0.1, 0.15) is 0 Å². The molecule has 1 amide bonds. The Balaban J connectivity index is 1.82. The van der Waals surface area contributed by atoms with Crippen LogP contribution in [0.1, 0.15) is 67.4 Å². The second-order valence-corrected chi connectivity index (χ2v) is 10.9. The van der Waals surface area contributed by atoms with Gasteiger partial charge in [0.05, 0.1) is 12.2 Å². The number of amides is 1. The van der Waals surface area contributed by atoms with E-state index in [-0.39, 0.29) is 24.3 Å². The summed E-state index contributed by atoms with van der Waals surface area (Å²) in [6, 6.07) is 24.4. The van der Waals surface area contributed by atoms with Crippen molar-refractivity contribution in [1.29, 1.82) is 0 Å². The number of carbonyl (C=O) groups excluding carboxylic acids is 1. The van der Waals surface area contributed by atoms with Gasteiger partial charge in [-0.15, -0.1) is 0 Å². The number of hydrogen-bond acceptors (Lipinski definition) is 2. The fourth-order valence-electron chi connectivity index (χ4n) is 4.02. The van der Waals surface area contributed by atoms with Gasteiger partial charge in [0.15, 0.2) is 0 Å². The van der Waals surface area contributed by atoms with Gasteiger partial charge in [-0.2, -0.15) is 0 Å². The summed E-state index contributed by atoms with van der Waals surface area (Å²) in [7, 11) is -3.98. The number of nitrogens with one attached hydrogen (secondary N) is 2. The van der Waals surface area contributed by atoms with Crippen molar-refractivity contribution in [2.75, 3.05) is 11.9 Å². The maximum Gasteiger partial charge on any atom is 0.279 e. The van der Waals surface area contributed by atoms with E-state index < -0.39 is 13.2 Å². The number of carbonyl (C=O) groups is 1. The van der Waals surface area contributed by atoms with Crippen molar-refractivity contribution in [3.63, 3.8) is 0 Å². The van der Waals surface area contributed by atoms with Crippen molar-refractivity contribution in [3.05, 3.63) is 101 Å². The molecule has 0 radical (unpaired) electrons. The van der Waals surface area contributed by atoms with Crippen LogP contribution in [0.3, 0.4) is 0 Å². The number of anilines is 1. The zero-order valence-corrected chi connectivity index (χ0v) is 20.6. The first-order valence-electron chi connectivity index (χ1n) is 11.3. The molecule has 0 heterocycles. The molecule has 3 N–H and O–H groups in total. The van der Waals surface area contributed by atoms with Gasteiger partial charge in [-0.1, -0.05) is 107 Å². The summed E-state index contributed by atoms with van der Waals surface area (Å²) >= 11 is 0. The highest BCUT2D eigenvalue weighted by atomic mass is 31.2. The highest BCUT2D eigenvalue weighted by Gasteiger charge is 2.34. The van der Waals surface area contributed by atoms with Crippen LogP contribution in [0, 0.1) is 0 Å². The van der Waals surface area contributed by atoms with E-state index >= 15 is 0 Å². The van der Waals surface area contributed by atoms with Crippen molar-refractivity contribution in [2.45, 2.75) is 45.2 Å². The Kier molecular flexibility index (Phi) is 8.25. The Morgan fingerprint density at radius 3 is 1.67 bits per heavy atom. The molecule has 1 atom stereocenters. The fraction of sp³-hybridized carbons (Fsp3) is 0.296. The van der Waals surface area contributed by atoms with Gasteiger partial charge < -0.3 is 10.2 Å². The van der Waals surface area contributed by atoms with Crippen LogP contribution in [-0.4, -0.2) is 17.3 Å². The first kappa shape index (κ1) is 24.9. The molecule has 0 bridgehead atoms. The molecule has 0 saturated heterocycles. The topological polar surface area (TPSA) is 78.4 Å². The summed E-state index contributed by atoms with van der Waals surface area (Å²) in [5.41, 5.74) is 3.55. The average molecular weight is 465 g/mol. The van der Waals surface area contributed by atoms with E-state index in [0.717, 1.165) is 27.9 Å². The molecule has 0 spiro atoms. The van der Waals surface area contributed by atoms with Crippen LogP contribution in [-0.2, 0) is 9.36 Å². The molecule has 0 aliphatic carbocycles. The third-order valence-electron chi connectivity index (χ3n) is 5.68. The van der Waals surface area contributed by atoms with Crippen molar-refractivity contribution in [1.82, 2.24) is 5.09 Å². The number of hydrogen-bond donors (Lipinski definition) is 3. The van der Waals surface area contributed by atoms with Crippen molar-refractivity contribution in [3.8, 4) is 0 Å². The second-order valence-electron chi connectivity index (χ2n) is 8.85. The lowest BCUT2D eigenvalue weighted by Gasteiger charge is -2.25. The van der Waals surface area contributed by atoms with Crippen molar-refractivity contribution >= 4 is 19.1 Å². The van der Waals surface area contributed by atoms with E-state index in [9.17, 15) is 14.3 Å². The maximum absolute atomic E-state index is 13.5. The molecule has 33 heavy (non-hydrogen) atoms. The third-order valence-corrected chi connectivity index (χ3v) is 7.59. The molecule has 6 heteroatoms. The predicted molar refractivity (Wildman–Crippen MR) is 136 cm³/mol. The zero-order valence-electron chi connectivity index (χ0n) is 19.7. The van der Waals surface area contributed by atoms with Crippen LogP contribution in [0.2, 0.25) is 0 Å². The van der Waals surface area contributed by atoms with E-state index in [4.69, 9.17) is 0 Å². The Bertz CT molecular complexity index is 1050. The molecule has 5 nitrogen and oxygen atoms in total. The van der Waals surface area contributed by atoms with Gasteiger partial charge in [0.2, 0.25) is 5.91 Å². The van der Waals surface area contributed by atoms with Crippen LogP contribution in [0.25, 0.3) is 0 Å². The van der Waals surface area contributed by atoms with E-state index in [2.05, 4.69) is 38.1 Å². The fourth-order valence-corrected chi connectivity index (χ4v) is 5.73. The summed E-state index contributed by atoms with van der Waals surface area (Å²) in [5, 5.41) is 5.67. The van der Waals surface area contributed by atoms with Gasteiger partial charge in [-0.3, -0.25) is 9.36 Å². The third kappa shape index (κ3) is 6.20. The first-order chi connectivity index (χ1) is 15.7. The summed E-state index contributed by atoms with van der Waals surface area (Å²) in [6.07, 6.45) is 0. The minimum atomic E-state index is -3.98. The lowest BCUT2D eigenvalue weighted by molar-refractivity contribution is -0.115. The van der Waals surface area contributed by atoms with Crippen LogP contribution in [0.15, 0.2) is 78.9 Å². The minimum absolute atomic E-state index is 0.233. The molecule has 0 aliphatic rings. The lowest BCUT2D eigenvalue weighted by Crippen LogP contribution is -2.29. The summed E-state index contributed by atoms with van der Waals surface area (Å²) in [6.45, 7) is 8.06. The standard InChI is InChI=1S/C27H33N2O3P/c1-19(2)23-16-11-17-24(20(3)4)26(23)29-25(30)18-28-33(31,32)27(21-12-7-5-8-13-21)22-14-9-6-10-15-22/h5-17,19-20,27H,18H2,1-4H3,(H,29,30)(H2,28,31,32). The lowest BCUT2D eigenvalue weighted by atomic mass is 9.92. The highest BCUT2D eigenvalue weighted by molar-refractivity contribution is 7.56. The highest BCUT2D eigenvalue weighted by Crippen LogP contribution is 2.55. The summed E-state index contributed by atoms with van der Waals surface area (Å²) in [4.78, 5) is 23.9. The van der Waals surface area contributed by atoms with E-state index in [1.54, 1.807) is 0 Å². The van der Waals surface area contributed by atoms with Gasteiger partial charge >= 0.3 is 0 Å². The summed E-state index contributed by atoms with van der Waals surface area (Å²) in [5.74, 6) is 0.118. The number of benzene rings is 3. The predicted octanol–water partition coefficient (Wildman–Crippen LogP) is 6.44. The average Bonchev–Trinajstić information content (AvgIpc) is 2.79. The monoisotopic (exact) mass is 464 g/mol. The largest absolute Gasteiger partial charge is 0.333 e. The van der Waals surface area contributed by atoms with Crippen LogP contribution >= 0.6 is 7.52 Å². The quantitative estimate of drug-likeness (QED) is 0.319. The minimum Gasteiger partial charge on any atom is -0.333 e. The van der Waals surface area contributed by atoms with Gasteiger partial charge in [0.25, 0.3) is 7.52 Å². The second kappa shape index (κ2) is 10.9. The Morgan fingerprint density at radius 2 is 1.24 bits per heavy atom. The van der Waals surface area contributed by atoms with Crippen LogP contribution < -0.4 is 10.4 Å². The molecule has 3 rings (SSSR count). The van der Waals surface area contributed by atoms with Crippen molar-refractivity contribution in [2.24, 2.45) is 0 Å². The molecular formula is C27H33N2O3P. The molecule has 0 aromatic heterocycles. The van der Waals surface area contributed by atoms with Gasteiger partial charge in [0, 0.05) is 5.69 Å². The molecule has 0 aliphatic heterocycles. The van der Waals surface area contributed by atoms with E-state index in [1.165, 1.54) is 0 Å². The van der Waals surface area contributed by atoms with E-state index in [1.807, 2.05) is 78.9 Å². The summed E-state index contributed by atoms with van der Waals surface area (Å²) < 4.78 is 13.5. The van der Waals surface area contributed by atoms with Gasteiger partial charge in [-0.05, 0) is 34.1 Å². The van der Waals surface area contributed by atoms with Crippen molar-refractivity contribution < 1.29 is 14.3 Å². The molecule has 3 aromatic carbocycles. The zero-order chi connectivity index (χ0) is 24.0. The first-order valence-corrected chi connectivity index (χ1v) is 13.0. The number of rotatable bonds is 9. The number of para-hydroxylation sites is 1. The smallest absolute Gasteiger partial charge is 0.279 e. The molecule has 3 aromatic rings. The Morgan fingerprint density at radius 1 is 0.788 bits per heavy atom. The molecule has 0 fully saturated rings. The molecule has 174 valence electrons. The van der Waals surface area contributed by atoms with Crippen LogP contribution in [0.5, 0.6) is 0 Å². The molecule has 1 unspecified atom stereocenters. The van der Waals surface area contributed by atoms with Crippen LogP contribution in [0.4, 0.5) is 5.69 Å². The van der Waals surface area contributed by atoms with E-state index in [0.29, 0.717) is 0 Å². The Hall–Kier alpha value is -2.72. The SMILES string of the molecule is CC(C)c1cccc(C(C)C)c1NC(=O)CNP(=O)(O)C(c1ccccc1)c1ccccc1. The Labute approximate surface area is 196 Å².